The minimum Gasteiger partial charge on any atom is -0.497 e. The summed E-state index contributed by atoms with van der Waals surface area (Å²) in [6.45, 7) is 8.12. The molecule has 0 atom stereocenters. The van der Waals surface area contributed by atoms with Crippen LogP contribution in [0.5, 0.6) is 11.5 Å². The highest BCUT2D eigenvalue weighted by molar-refractivity contribution is 5.59. The quantitative estimate of drug-likeness (QED) is 0.530. The predicted octanol–water partition coefficient (Wildman–Crippen LogP) is 4.75. The minimum absolute atomic E-state index is 0.528. The molecule has 0 saturated heterocycles. The molecule has 6 nitrogen and oxygen atoms in total. The zero-order valence-corrected chi connectivity index (χ0v) is 17.5. The summed E-state index contributed by atoms with van der Waals surface area (Å²) >= 11 is 0. The van der Waals surface area contributed by atoms with Crippen LogP contribution in [0.1, 0.15) is 18.2 Å². The SMILES string of the molecule is CCN(c1cccc(C)c1)c1nc(C)cc(NCCOc2ccc(OC)cc2)n1. The maximum absolute atomic E-state index is 5.77. The van der Waals surface area contributed by atoms with E-state index in [2.05, 4.69) is 53.3 Å². The Labute approximate surface area is 172 Å². The number of ether oxygens (including phenoxy) is 2. The molecular formula is C23H28N4O2. The van der Waals surface area contributed by atoms with Gasteiger partial charge in [0.15, 0.2) is 0 Å². The second-order valence-electron chi connectivity index (χ2n) is 6.73. The summed E-state index contributed by atoms with van der Waals surface area (Å²) in [6, 6.07) is 17.9. The highest BCUT2D eigenvalue weighted by Crippen LogP contribution is 2.24. The minimum atomic E-state index is 0.528. The molecule has 29 heavy (non-hydrogen) atoms. The lowest BCUT2D eigenvalue weighted by atomic mass is 10.2. The van der Waals surface area contributed by atoms with Crippen LogP contribution in [-0.4, -0.2) is 36.8 Å². The van der Waals surface area contributed by atoms with E-state index >= 15 is 0 Å². The van der Waals surface area contributed by atoms with E-state index in [-0.39, 0.29) is 0 Å². The number of anilines is 3. The third kappa shape index (κ3) is 5.60. The van der Waals surface area contributed by atoms with Crippen molar-refractivity contribution in [2.45, 2.75) is 20.8 Å². The Kier molecular flexibility index (Phi) is 6.89. The molecule has 1 heterocycles. The van der Waals surface area contributed by atoms with Gasteiger partial charge in [0.25, 0.3) is 0 Å². The molecule has 3 aromatic rings. The Morgan fingerprint density at radius 2 is 1.72 bits per heavy atom. The fourth-order valence-electron chi connectivity index (χ4n) is 3.02. The first-order chi connectivity index (χ1) is 14.1. The van der Waals surface area contributed by atoms with Gasteiger partial charge in [-0.2, -0.15) is 4.98 Å². The average Bonchev–Trinajstić information content (AvgIpc) is 2.72. The van der Waals surface area contributed by atoms with Gasteiger partial charge in [0.1, 0.15) is 23.9 Å². The first-order valence-electron chi connectivity index (χ1n) is 9.79. The van der Waals surface area contributed by atoms with E-state index in [0.29, 0.717) is 19.1 Å². The van der Waals surface area contributed by atoms with Crippen LogP contribution >= 0.6 is 0 Å². The molecule has 152 valence electrons. The second-order valence-corrected chi connectivity index (χ2v) is 6.73. The largest absolute Gasteiger partial charge is 0.497 e. The molecule has 0 aliphatic rings. The number of nitrogens with one attached hydrogen (secondary N) is 1. The van der Waals surface area contributed by atoms with Crippen LogP contribution in [0.3, 0.4) is 0 Å². The molecule has 0 bridgehead atoms. The second kappa shape index (κ2) is 9.78. The lowest BCUT2D eigenvalue weighted by Gasteiger charge is -2.22. The van der Waals surface area contributed by atoms with E-state index in [0.717, 1.165) is 35.2 Å². The van der Waals surface area contributed by atoms with E-state index in [1.165, 1.54) is 5.56 Å². The summed E-state index contributed by atoms with van der Waals surface area (Å²) in [6.07, 6.45) is 0. The summed E-state index contributed by atoms with van der Waals surface area (Å²) in [5.74, 6) is 3.10. The third-order valence-electron chi connectivity index (χ3n) is 4.45. The lowest BCUT2D eigenvalue weighted by Crippen LogP contribution is -2.20. The summed E-state index contributed by atoms with van der Waals surface area (Å²) in [7, 11) is 1.65. The number of benzene rings is 2. The van der Waals surface area contributed by atoms with Crippen molar-refractivity contribution in [1.82, 2.24) is 9.97 Å². The van der Waals surface area contributed by atoms with Crippen LogP contribution in [0.2, 0.25) is 0 Å². The van der Waals surface area contributed by atoms with Crippen LogP contribution < -0.4 is 19.7 Å². The molecule has 1 aromatic heterocycles. The topological polar surface area (TPSA) is 59.5 Å². The van der Waals surface area contributed by atoms with E-state index in [9.17, 15) is 0 Å². The maximum Gasteiger partial charge on any atom is 0.232 e. The Bertz CT molecular complexity index is 928. The number of hydrogen-bond acceptors (Lipinski definition) is 6. The normalized spacial score (nSPS) is 10.5. The molecule has 0 saturated carbocycles. The van der Waals surface area contributed by atoms with Crippen molar-refractivity contribution in [1.29, 1.82) is 0 Å². The van der Waals surface area contributed by atoms with Crippen LogP contribution in [-0.2, 0) is 0 Å². The van der Waals surface area contributed by atoms with Crippen molar-refractivity contribution in [3.8, 4) is 11.5 Å². The van der Waals surface area contributed by atoms with Crippen molar-refractivity contribution in [3.05, 3.63) is 65.9 Å². The average molecular weight is 393 g/mol. The molecule has 6 heteroatoms. The van der Waals surface area contributed by atoms with Crippen LogP contribution in [0, 0.1) is 13.8 Å². The molecule has 0 amide bonds. The van der Waals surface area contributed by atoms with E-state index < -0.39 is 0 Å². The Hall–Kier alpha value is -3.28. The van der Waals surface area contributed by atoms with E-state index in [1.807, 2.05) is 37.3 Å². The van der Waals surface area contributed by atoms with Gasteiger partial charge in [-0.1, -0.05) is 12.1 Å². The van der Waals surface area contributed by atoms with E-state index in [4.69, 9.17) is 14.5 Å². The number of rotatable bonds is 9. The van der Waals surface area contributed by atoms with E-state index in [1.54, 1.807) is 7.11 Å². The molecule has 0 radical (unpaired) electrons. The zero-order valence-electron chi connectivity index (χ0n) is 17.5. The Morgan fingerprint density at radius 1 is 0.966 bits per heavy atom. The molecule has 1 N–H and O–H groups in total. The summed E-state index contributed by atoms with van der Waals surface area (Å²) in [4.78, 5) is 11.5. The third-order valence-corrected chi connectivity index (χ3v) is 4.45. The highest BCUT2D eigenvalue weighted by atomic mass is 16.5. The predicted molar refractivity (Wildman–Crippen MR) is 118 cm³/mol. The molecule has 0 fully saturated rings. The fourth-order valence-corrected chi connectivity index (χ4v) is 3.02. The summed E-state index contributed by atoms with van der Waals surface area (Å²) in [5.41, 5.74) is 3.22. The van der Waals surface area contributed by atoms with Gasteiger partial charge < -0.3 is 19.7 Å². The summed E-state index contributed by atoms with van der Waals surface area (Å²) < 4.78 is 10.9. The maximum atomic E-state index is 5.77. The molecule has 0 spiro atoms. The number of aryl methyl sites for hydroxylation is 2. The number of aromatic nitrogens is 2. The summed E-state index contributed by atoms with van der Waals surface area (Å²) in [5, 5.41) is 3.33. The van der Waals surface area contributed by atoms with Gasteiger partial charge >= 0.3 is 0 Å². The first kappa shape index (κ1) is 20.5. The molecule has 0 aliphatic heterocycles. The van der Waals surface area contributed by atoms with Crippen molar-refractivity contribution in [3.63, 3.8) is 0 Å². The molecule has 0 aliphatic carbocycles. The van der Waals surface area contributed by atoms with Crippen molar-refractivity contribution in [2.24, 2.45) is 0 Å². The van der Waals surface area contributed by atoms with Crippen molar-refractivity contribution < 1.29 is 9.47 Å². The standard InChI is InChI=1S/C23H28N4O2/c1-5-27(19-8-6-7-17(2)15-19)23-25-18(3)16-22(26-23)24-13-14-29-21-11-9-20(28-4)10-12-21/h6-12,15-16H,5,13-14H2,1-4H3,(H,24,25,26). The van der Waals surface area contributed by atoms with Gasteiger partial charge in [-0.15, -0.1) is 0 Å². The first-order valence-corrected chi connectivity index (χ1v) is 9.79. The zero-order chi connectivity index (χ0) is 20.6. The van der Waals surface area contributed by atoms with Crippen LogP contribution in [0.25, 0.3) is 0 Å². The van der Waals surface area contributed by atoms with Crippen molar-refractivity contribution >= 4 is 17.5 Å². The van der Waals surface area contributed by atoms with Gasteiger partial charge in [-0.25, -0.2) is 4.98 Å². The fraction of sp³-hybridized carbons (Fsp3) is 0.304. The van der Waals surface area contributed by atoms with Gasteiger partial charge in [0, 0.05) is 24.0 Å². The van der Waals surface area contributed by atoms with Crippen LogP contribution in [0.15, 0.2) is 54.6 Å². The molecule has 3 rings (SSSR count). The number of hydrogen-bond donors (Lipinski definition) is 1. The monoisotopic (exact) mass is 392 g/mol. The van der Waals surface area contributed by atoms with Gasteiger partial charge in [-0.05, 0) is 62.7 Å². The highest BCUT2D eigenvalue weighted by Gasteiger charge is 2.12. The molecule has 2 aromatic carbocycles. The smallest absolute Gasteiger partial charge is 0.232 e. The Morgan fingerprint density at radius 3 is 2.41 bits per heavy atom. The number of nitrogens with zero attached hydrogens (tertiary/aromatic N) is 3. The van der Waals surface area contributed by atoms with Gasteiger partial charge in [0.2, 0.25) is 5.95 Å². The van der Waals surface area contributed by atoms with Crippen molar-refractivity contribution in [2.75, 3.05) is 37.0 Å². The number of methoxy groups -OCH3 is 1. The van der Waals surface area contributed by atoms with Crippen LogP contribution in [0.4, 0.5) is 17.5 Å². The molecular weight excluding hydrogens is 364 g/mol. The Balaban J connectivity index is 1.63. The molecule has 0 unspecified atom stereocenters. The van der Waals surface area contributed by atoms with Gasteiger partial charge in [0.05, 0.1) is 13.7 Å². The lowest BCUT2D eigenvalue weighted by molar-refractivity contribution is 0.331. The van der Waals surface area contributed by atoms with Gasteiger partial charge in [-0.3, -0.25) is 0 Å².